The quantitative estimate of drug-likeness (QED) is 0.811. The van der Waals surface area contributed by atoms with Crippen LogP contribution in [0.15, 0.2) is 16.8 Å². The molecule has 0 radical (unpaired) electrons. The van der Waals surface area contributed by atoms with Crippen molar-refractivity contribution in [1.82, 2.24) is 9.80 Å². The van der Waals surface area contributed by atoms with Crippen molar-refractivity contribution in [3.8, 4) is 0 Å². The van der Waals surface area contributed by atoms with Crippen LogP contribution >= 0.6 is 11.3 Å². The largest absolute Gasteiger partial charge is 0.490 e. The van der Waals surface area contributed by atoms with Gasteiger partial charge in [0.1, 0.15) is 0 Å². The minimum Gasteiger partial charge on any atom is -0.475 e. The van der Waals surface area contributed by atoms with Gasteiger partial charge in [0.2, 0.25) is 0 Å². The second kappa shape index (κ2) is 9.23. The van der Waals surface area contributed by atoms with E-state index in [2.05, 4.69) is 16.8 Å². The number of piperidine rings is 1. The number of halogens is 3. The number of carboxylic acid groups (broad SMARTS) is 1. The smallest absolute Gasteiger partial charge is 0.475 e. The Kier molecular flexibility index (Phi) is 7.46. The minimum atomic E-state index is -5.08. The fourth-order valence-electron chi connectivity index (χ4n) is 3.82. The van der Waals surface area contributed by atoms with E-state index >= 15 is 0 Å². The molecule has 0 saturated carbocycles. The predicted octanol–water partition coefficient (Wildman–Crippen LogP) is 2.81. The molecule has 1 amide bonds. The van der Waals surface area contributed by atoms with Crippen LogP contribution in [0.2, 0.25) is 0 Å². The molecule has 158 valence electrons. The summed E-state index contributed by atoms with van der Waals surface area (Å²) in [6.45, 7) is 4.74. The first-order valence-electron chi connectivity index (χ1n) is 8.88. The van der Waals surface area contributed by atoms with Crippen LogP contribution < -0.4 is 0 Å². The van der Waals surface area contributed by atoms with E-state index in [9.17, 15) is 18.0 Å². The average molecular weight is 422 g/mol. The van der Waals surface area contributed by atoms with E-state index in [1.54, 1.807) is 18.4 Å². The zero-order valence-electron chi connectivity index (χ0n) is 15.9. The van der Waals surface area contributed by atoms with Crippen molar-refractivity contribution in [3.05, 3.63) is 22.4 Å². The molecule has 1 N–H and O–H groups in total. The van der Waals surface area contributed by atoms with Gasteiger partial charge < -0.3 is 19.6 Å². The Hall–Kier alpha value is -1.65. The normalized spacial score (nSPS) is 22.0. The Morgan fingerprint density at radius 1 is 1.36 bits per heavy atom. The number of thiophene rings is 1. The van der Waals surface area contributed by atoms with Gasteiger partial charge in [-0.15, -0.1) is 0 Å². The third-order valence-electron chi connectivity index (χ3n) is 5.46. The summed E-state index contributed by atoms with van der Waals surface area (Å²) in [6, 6.07) is 1.93. The number of carbonyl (C=O) groups excluding carboxylic acids is 1. The number of likely N-dealkylation sites (tertiary alicyclic amines) is 2. The van der Waals surface area contributed by atoms with Crippen LogP contribution in [0.4, 0.5) is 13.2 Å². The topological polar surface area (TPSA) is 70.1 Å². The number of hydrogen-bond donors (Lipinski definition) is 1. The molecule has 2 saturated heterocycles. The highest BCUT2D eigenvalue weighted by Crippen LogP contribution is 2.45. The van der Waals surface area contributed by atoms with E-state index in [0.717, 1.165) is 38.3 Å². The van der Waals surface area contributed by atoms with Crippen LogP contribution in [0.5, 0.6) is 0 Å². The maximum absolute atomic E-state index is 12.6. The van der Waals surface area contributed by atoms with Crippen molar-refractivity contribution in [2.75, 3.05) is 46.9 Å². The first kappa shape index (κ1) is 22.6. The Balaban J connectivity index is 0.000000345. The van der Waals surface area contributed by atoms with E-state index in [1.807, 2.05) is 16.8 Å². The van der Waals surface area contributed by atoms with Gasteiger partial charge in [-0.05, 0) is 49.8 Å². The number of amides is 1. The van der Waals surface area contributed by atoms with Crippen LogP contribution in [0.1, 0.15) is 23.2 Å². The van der Waals surface area contributed by atoms with Crippen LogP contribution in [0.25, 0.3) is 0 Å². The van der Waals surface area contributed by atoms with Crippen molar-refractivity contribution >= 4 is 23.2 Å². The fourth-order valence-corrected chi connectivity index (χ4v) is 4.45. The zero-order valence-corrected chi connectivity index (χ0v) is 16.7. The number of hydrogen-bond acceptors (Lipinski definition) is 5. The standard InChI is InChI=1S/C16H24N2O2S.C2HF3O2/c1-17-6-4-16(5-7-17)12-18(9-14(16)10-20-2)15(19)13-3-8-21-11-13;3-2(4,5)1(6)7/h3,8,11,14H,4-7,9-10,12H2,1-2H3;(H,6,7). The van der Waals surface area contributed by atoms with Crippen molar-refractivity contribution in [1.29, 1.82) is 0 Å². The molecule has 2 aliphatic heterocycles. The van der Waals surface area contributed by atoms with E-state index in [1.165, 1.54) is 12.8 Å². The summed E-state index contributed by atoms with van der Waals surface area (Å²) < 4.78 is 37.2. The number of nitrogens with zero attached hydrogens (tertiary/aromatic N) is 2. The van der Waals surface area contributed by atoms with Crippen molar-refractivity contribution in [3.63, 3.8) is 0 Å². The van der Waals surface area contributed by atoms with Crippen molar-refractivity contribution < 1.29 is 32.6 Å². The Labute approximate surface area is 165 Å². The maximum atomic E-state index is 12.6. The molecule has 1 unspecified atom stereocenters. The molecule has 0 bridgehead atoms. The maximum Gasteiger partial charge on any atom is 0.490 e. The van der Waals surface area contributed by atoms with Crippen LogP contribution in [-0.4, -0.2) is 79.9 Å². The predicted molar refractivity (Wildman–Crippen MR) is 98.4 cm³/mol. The van der Waals surface area contributed by atoms with Gasteiger partial charge in [0.15, 0.2) is 0 Å². The molecule has 28 heavy (non-hydrogen) atoms. The molecule has 1 spiro atoms. The van der Waals surface area contributed by atoms with Crippen LogP contribution in [0, 0.1) is 11.3 Å². The highest BCUT2D eigenvalue weighted by molar-refractivity contribution is 7.08. The number of ether oxygens (including phenoxy) is 1. The second-order valence-corrected chi connectivity index (χ2v) is 8.10. The molecule has 2 aliphatic rings. The molecular weight excluding hydrogens is 397 g/mol. The molecule has 10 heteroatoms. The van der Waals surface area contributed by atoms with E-state index < -0.39 is 12.1 Å². The lowest BCUT2D eigenvalue weighted by Crippen LogP contribution is -2.44. The summed E-state index contributed by atoms with van der Waals surface area (Å²) in [6.07, 6.45) is -2.74. The third kappa shape index (κ3) is 5.45. The van der Waals surface area contributed by atoms with Gasteiger partial charge in [0.05, 0.1) is 12.2 Å². The molecule has 1 atom stereocenters. The SMILES string of the molecule is COCC1CN(C(=O)c2ccsc2)CC12CCN(C)CC2.O=C(O)C(F)(F)F. The molecule has 6 nitrogen and oxygen atoms in total. The number of aliphatic carboxylic acids is 1. The van der Waals surface area contributed by atoms with Gasteiger partial charge in [-0.25, -0.2) is 4.79 Å². The molecule has 0 aliphatic carbocycles. The Morgan fingerprint density at radius 2 is 1.96 bits per heavy atom. The lowest BCUT2D eigenvalue weighted by atomic mass is 9.71. The highest BCUT2D eigenvalue weighted by Gasteiger charge is 2.48. The number of carboxylic acids is 1. The number of alkyl halides is 3. The highest BCUT2D eigenvalue weighted by atomic mass is 32.1. The number of methoxy groups -OCH3 is 1. The van der Waals surface area contributed by atoms with E-state index in [4.69, 9.17) is 14.6 Å². The molecule has 1 aromatic heterocycles. The molecule has 2 fully saturated rings. The summed E-state index contributed by atoms with van der Waals surface area (Å²) >= 11 is 1.59. The second-order valence-electron chi connectivity index (χ2n) is 7.32. The minimum absolute atomic E-state index is 0.188. The summed E-state index contributed by atoms with van der Waals surface area (Å²) in [5, 5.41) is 11.1. The summed E-state index contributed by atoms with van der Waals surface area (Å²) in [4.78, 5) is 26.0. The zero-order chi connectivity index (χ0) is 20.9. The summed E-state index contributed by atoms with van der Waals surface area (Å²) in [5.41, 5.74) is 1.09. The number of rotatable bonds is 3. The lowest BCUT2D eigenvalue weighted by Gasteiger charge is -2.41. The summed E-state index contributed by atoms with van der Waals surface area (Å²) in [7, 11) is 3.95. The fraction of sp³-hybridized carbons (Fsp3) is 0.667. The van der Waals surface area contributed by atoms with Crippen molar-refractivity contribution in [2.24, 2.45) is 11.3 Å². The van der Waals surface area contributed by atoms with E-state index in [-0.39, 0.29) is 11.3 Å². The Bertz CT molecular complexity index is 658. The molecule has 3 heterocycles. The van der Waals surface area contributed by atoms with Crippen LogP contribution in [-0.2, 0) is 9.53 Å². The van der Waals surface area contributed by atoms with Gasteiger partial charge in [0, 0.05) is 31.5 Å². The average Bonchev–Trinajstić information content (AvgIpc) is 3.27. The molecule has 1 aromatic rings. The number of carbonyl (C=O) groups is 2. The first-order chi connectivity index (χ1) is 13.1. The van der Waals surface area contributed by atoms with Gasteiger partial charge in [0.25, 0.3) is 5.91 Å². The monoisotopic (exact) mass is 422 g/mol. The molecule has 0 aromatic carbocycles. The van der Waals surface area contributed by atoms with Gasteiger partial charge >= 0.3 is 12.1 Å². The Morgan fingerprint density at radius 3 is 2.43 bits per heavy atom. The molecular formula is C18H25F3N2O4S. The van der Waals surface area contributed by atoms with Crippen molar-refractivity contribution in [2.45, 2.75) is 19.0 Å². The summed E-state index contributed by atoms with van der Waals surface area (Å²) in [5.74, 6) is -2.10. The lowest BCUT2D eigenvalue weighted by molar-refractivity contribution is -0.192. The van der Waals surface area contributed by atoms with E-state index in [0.29, 0.717) is 5.92 Å². The third-order valence-corrected chi connectivity index (χ3v) is 6.14. The van der Waals surface area contributed by atoms with Gasteiger partial charge in [-0.2, -0.15) is 24.5 Å². The van der Waals surface area contributed by atoms with Gasteiger partial charge in [-0.3, -0.25) is 4.79 Å². The molecule has 3 rings (SSSR count). The van der Waals surface area contributed by atoms with Crippen LogP contribution in [0.3, 0.4) is 0 Å². The first-order valence-corrected chi connectivity index (χ1v) is 9.82. The van der Waals surface area contributed by atoms with Gasteiger partial charge in [-0.1, -0.05) is 0 Å².